The summed E-state index contributed by atoms with van der Waals surface area (Å²) in [6.45, 7) is 0. The van der Waals surface area contributed by atoms with Crippen LogP contribution in [0.5, 0.6) is 0 Å². The van der Waals surface area contributed by atoms with Gasteiger partial charge in [-0.15, -0.1) is 0 Å². The van der Waals surface area contributed by atoms with Crippen molar-refractivity contribution in [2.75, 3.05) is 0 Å². The van der Waals surface area contributed by atoms with Gasteiger partial charge in [-0.3, -0.25) is 0 Å². The van der Waals surface area contributed by atoms with Crippen LogP contribution < -0.4 is 77.5 Å². The maximum Gasteiger partial charge on any atom is 1.00 e. The summed E-state index contributed by atoms with van der Waals surface area (Å²) in [4.78, 5) is 19.9. The molecule has 1 aromatic carbocycles. The number of benzene rings is 1. The van der Waals surface area contributed by atoms with Crippen LogP contribution in [0.4, 0.5) is 0 Å². The van der Waals surface area contributed by atoms with E-state index in [1.54, 1.807) is 0 Å². The second-order valence-electron chi connectivity index (χ2n) is 2.78. The fraction of sp³-hybridized carbons (Fsp3) is 0. The predicted molar refractivity (Wildman–Crippen MR) is 43.1 cm³/mol. The minimum absolute atomic E-state index is 0. The molecule has 1 aromatic rings. The molecule has 0 radical (unpaired) electrons. The Morgan fingerprint density at radius 1 is 0.895 bits per heavy atom. The Kier molecular flexibility index (Phi) is 11.8. The van der Waals surface area contributed by atoms with Crippen LogP contribution >= 0.6 is 0 Å². The SMILES string of the molecule is O=C([O-])c1cc(C(=O)[O-])cc(S(=O)(=O)[O-])c1.[Li+].[Li+].[Na+]. The molecule has 0 atom stereocenters. The minimum Gasteiger partial charge on any atom is -0.744 e. The summed E-state index contributed by atoms with van der Waals surface area (Å²) >= 11 is 0. The fourth-order valence-electron chi connectivity index (χ4n) is 0.979. The summed E-state index contributed by atoms with van der Waals surface area (Å²) in [7, 11) is -4.95. The molecule has 0 bridgehead atoms. The van der Waals surface area contributed by atoms with E-state index in [4.69, 9.17) is 0 Å². The molecule has 0 heterocycles. The van der Waals surface area contributed by atoms with Crippen molar-refractivity contribution < 1.29 is 100 Å². The Morgan fingerprint density at radius 2 is 1.21 bits per heavy atom. The molecule has 0 aliphatic heterocycles. The number of carbonyl (C=O) groups excluding carboxylic acids is 2. The number of carboxylic acid groups (broad SMARTS) is 2. The normalized spacial score (nSPS) is 9.32. The standard InChI is InChI=1S/C8H6O7S.2Li.Na/c9-7(10)4-1-5(8(11)12)3-6(2-4)16(13,14)15;;;/h1-3H,(H,9,10)(H,11,12)(H,13,14,15);;;/q;3*+1/p-3. The average Bonchev–Trinajstić information content (AvgIpc) is 2.15. The van der Waals surface area contributed by atoms with Crippen molar-refractivity contribution in [2.45, 2.75) is 4.90 Å². The molecule has 0 unspecified atom stereocenters. The molecular formula is C8H3Li2NaO7S. The first-order chi connectivity index (χ1) is 7.21. The van der Waals surface area contributed by atoms with Gasteiger partial charge >= 0.3 is 67.3 Å². The zero-order valence-electron chi connectivity index (χ0n) is 10.5. The van der Waals surface area contributed by atoms with Gasteiger partial charge in [0.2, 0.25) is 0 Å². The van der Waals surface area contributed by atoms with Crippen molar-refractivity contribution in [2.24, 2.45) is 0 Å². The number of hydrogen-bond donors (Lipinski definition) is 0. The maximum atomic E-state index is 10.6. The second-order valence-corrected chi connectivity index (χ2v) is 4.15. The molecule has 0 aliphatic carbocycles. The van der Waals surface area contributed by atoms with Crippen LogP contribution in [0, 0.1) is 0 Å². The monoisotopic (exact) mass is 280 g/mol. The van der Waals surface area contributed by atoms with E-state index in [1.165, 1.54) is 0 Å². The van der Waals surface area contributed by atoms with Crippen LogP contribution in [0.15, 0.2) is 23.1 Å². The molecule has 0 N–H and O–H groups in total. The number of hydrogen-bond acceptors (Lipinski definition) is 7. The van der Waals surface area contributed by atoms with Gasteiger partial charge in [0, 0.05) is 0 Å². The molecule has 0 saturated heterocycles. The minimum atomic E-state index is -4.95. The van der Waals surface area contributed by atoms with Gasteiger partial charge in [0.1, 0.15) is 10.1 Å². The summed E-state index contributed by atoms with van der Waals surface area (Å²) in [5, 5.41) is 20.9. The van der Waals surface area contributed by atoms with Gasteiger partial charge < -0.3 is 24.4 Å². The third kappa shape index (κ3) is 7.00. The smallest absolute Gasteiger partial charge is 0.744 e. The van der Waals surface area contributed by atoms with Crippen molar-refractivity contribution in [3.8, 4) is 0 Å². The summed E-state index contributed by atoms with van der Waals surface area (Å²) in [5.41, 5.74) is -1.45. The molecule has 0 aliphatic rings. The zero-order valence-corrected chi connectivity index (χ0v) is 13.3. The van der Waals surface area contributed by atoms with E-state index < -0.39 is 38.1 Å². The van der Waals surface area contributed by atoms with Crippen LogP contribution in [0.25, 0.3) is 0 Å². The summed E-state index contributed by atoms with van der Waals surface area (Å²) in [6, 6.07) is 1.67. The van der Waals surface area contributed by atoms with Crippen molar-refractivity contribution >= 4 is 22.1 Å². The quantitative estimate of drug-likeness (QED) is 0.395. The molecule has 0 saturated carbocycles. The molecule has 11 heteroatoms. The molecule has 86 valence electrons. The van der Waals surface area contributed by atoms with Gasteiger partial charge in [0.05, 0.1) is 16.8 Å². The maximum absolute atomic E-state index is 10.6. The first-order valence-electron chi connectivity index (χ1n) is 3.75. The van der Waals surface area contributed by atoms with Crippen LogP contribution in [0.2, 0.25) is 0 Å². The van der Waals surface area contributed by atoms with E-state index in [0.29, 0.717) is 18.2 Å². The van der Waals surface area contributed by atoms with Crippen molar-refractivity contribution in [3.05, 3.63) is 29.3 Å². The largest absolute Gasteiger partial charge is 1.00 e. The van der Waals surface area contributed by atoms with Gasteiger partial charge in [-0.05, 0) is 29.3 Å². The Hall–Kier alpha value is 0.265. The van der Waals surface area contributed by atoms with Crippen molar-refractivity contribution in [1.82, 2.24) is 0 Å². The summed E-state index contributed by atoms with van der Waals surface area (Å²) < 4.78 is 31.8. The van der Waals surface area contributed by atoms with E-state index in [0.717, 1.165) is 0 Å². The molecule has 7 nitrogen and oxygen atoms in total. The Morgan fingerprint density at radius 3 is 1.42 bits per heavy atom. The Labute approximate surface area is 155 Å². The van der Waals surface area contributed by atoms with Gasteiger partial charge in [0.15, 0.2) is 0 Å². The molecule has 0 spiro atoms. The van der Waals surface area contributed by atoms with Crippen molar-refractivity contribution in [1.29, 1.82) is 0 Å². The summed E-state index contributed by atoms with van der Waals surface area (Å²) in [5.74, 6) is -3.60. The number of rotatable bonds is 3. The average molecular weight is 280 g/mol. The summed E-state index contributed by atoms with van der Waals surface area (Å²) in [6.07, 6.45) is 0. The molecule has 1 rings (SSSR count). The first kappa shape index (κ1) is 24.3. The molecule has 0 aromatic heterocycles. The van der Waals surface area contributed by atoms with E-state index in [9.17, 15) is 32.8 Å². The third-order valence-electron chi connectivity index (χ3n) is 1.67. The number of carbonyl (C=O) groups is 2. The van der Waals surface area contributed by atoms with E-state index in [1.807, 2.05) is 0 Å². The predicted octanol–water partition coefficient (Wildman–Crippen LogP) is -11.7. The fourth-order valence-corrected chi connectivity index (χ4v) is 1.52. The molecule has 0 fully saturated rings. The molecule has 0 amide bonds. The number of carboxylic acids is 2. The van der Waals surface area contributed by atoms with Gasteiger partial charge in [-0.2, -0.15) is 0 Å². The van der Waals surface area contributed by atoms with Gasteiger partial charge in [0.25, 0.3) is 0 Å². The van der Waals surface area contributed by atoms with E-state index in [2.05, 4.69) is 0 Å². The van der Waals surface area contributed by atoms with Crippen molar-refractivity contribution in [3.63, 3.8) is 0 Å². The molecule has 19 heavy (non-hydrogen) atoms. The number of aromatic carboxylic acids is 2. The third-order valence-corrected chi connectivity index (χ3v) is 2.48. The van der Waals surface area contributed by atoms with Gasteiger partial charge in [-0.1, -0.05) is 0 Å². The van der Waals surface area contributed by atoms with E-state index >= 15 is 0 Å². The van der Waals surface area contributed by atoms with Crippen LogP contribution in [-0.4, -0.2) is 24.9 Å². The second kappa shape index (κ2) is 9.25. The Balaban J connectivity index is -0.000000853. The van der Waals surface area contributed by atoms with Gasteiger partial charge in [-0.25, -0.2) is 8.42 Å². The van der Waals surface area contributed by atoms with Crippen LogP contribution in [-0.2, 0) is 10.1 Å². The van der Waals surface area contributed by atoms with Crippen LogP contribution in [0.3, 0.4) is 0 Å². The topological polar surface area (TPSA) is 137 Å². The molecular weight excluding hydrogens is 277 g/mol. The van der Waals surface area contributed by atoms with Crippen LogP contribution in [0.1, 0.15) is 20.7 Å². The zero-order chi connectivity index (χ0) is 12.5. The first-order valence-corrected chi connectivity index (χ1v) is 5.16. The van der Waals surface area contributed by atoms with E-state index in [-0.39, 0.29) is 67.3 Å². The Bertz CT molecular complexity index is 540.